The van der Waals surface area contributed by atoms with Crippen LogP contribution in [0.1, 0.15) is 65.5 Å². The Morgan fingerprint density at radius 2 is 2.19 bits per heavy atom. The third-order valence-electron chi connectivity index (χ3n) is 4.69. The summed E-state index contributed by atoms with van der Waals surface area (Å²) < 4.78 is 5.81. The van der Waals surface area contributed by atoms with E-state index in [1.807, 2.05) is 6.20 Å². The number of hydrogen-bond donors (Lipinski definition) is 2. The number of likely N-dealkylation sites (tertiary alicyclic amines) is 1. The van der Waals surface area contributed by atoms with Crippen LogP contribution in [0.5, 0.6) is 0 Å². The highest BCUT2D eigenvalue weighted by Gasteiger charge is 2.19. The lowest BCUT2D eigenvalue weighted by Crippen LogP contribution is -2.40. The molecule has 1 aromatic rings. The van der Waals surface area contributed by atoms with Crippen LogP contribution < -0.4 is 10.6 Å². The van der Waals surface area contributed by atoms with Gasteiger partial charge in [0.2, 0.25) is 5.89 Å². The fourth-order valence-corrected chi connectivity index (χ4v) is 3.22. The zero-order valence-corrected chi connectivity index (χ0v) is 17.3. The summed E-state index contributed by atoms with van der Waals surface area (Å²) in [6.45, 7) is 16.7. The molecule has 1 aliphatic heterocycles. The predicted molar refractivity (Wildman–Crippen MR) is 107 cm³/mol. The molecule has 1 aliphatic rings. The number of nitrogens with zero attached hydrogens (tertiary/aromatic N) is 3. The van der Waals surface area contributed by atoms with E-state index >= 15 is 0 Å². The summed E-state index contributed by atoms with van der Waals surface area (Å²) in [6.07, 6.45) is 5.66. The van der Waals surface area contributed by atoms with E-state index in [-0.39, 0.29) is 5.41 Å². The van der Waals surface area contributed by atoms with Crippen LogP contribution in [0.2, 0.25) is 0 Å². The summed E-state index contributed by atoms with van der Waals surface area (Å²) in [7, 11) is 0. The van der Waals surface area contributed by atoms with Gasteiger partial charge in [-0.05, 0) is 45.2 Å². The minimum Gasteiger partial charge on any atom is -0.443 e. The smallest absolute Gasteiger partial charge is 0.216 e. The normalized spacial score (nSPS) is 19.6. The van der Waals surface area contributed by atoms with Gasteiger partial charge in [-0.1, -0.05) is 27.7 Å². The van der Waals surface area contributed by atoms with Gasteiger partial charge in [0.1, 0.15) is 12.3 Å². The van der Waals surface area contributed by atoms with Crippen molar-refractivity contribution in [1.29, 1.82) is 0 Å². The van der Waals surface area contributed by atoms with Crippen LogP contribution in [0.3, 0.4) is 0 Å². The van der Waals surface area contributed by atoms with Crippen molar-refractivity contribution in [3.63, 3.8) is 0 Å². The first-order chi connectivity index (χ1) is 12.4. The fourth-order valence-electron chi connectivity index (χ4n) is 3.22. The van der Waals surface area contributed by atoms with Gasteiger partial charge < -0.3 is 20.0 Å². The molecule has 0 bridgehead atoms. The van der Waals surface area contributed by atoms with Gasteiger partial charge in [-0.25, -0.2) is 9.98 Å². The second-order valence-electron chi connectivity index (χ2n) is 8.39. The molecule has 1 unspecified atom stereocenters. The number of aliphatic imine (C=N–C) groups is 1. The van der Waals surface area contributed by atoms with E-state index in [0.29, 0.717) is 12.4 Å². The minimum absolute atomic E-state index is 0.0241. The molecule has 148 valence electrons. The van der Waals surface area contributed by atoms with Crippen LogP contribution in [-0.4, -0.2) is 48.6 Å². The zero-order valence-electron chi connectivity index (χ0n) is 17.3. The molecule has 26 heavy (non-hydrogen) atoms. The third-order valence-corrected chi connectivity index (χ3v) is 4.69. The number of rotatable bonds is 7. The van der Waals surface area contributed by atoms with Gasteiger partial charge in [0, 0.05) is 25.0 Å². The second-order valence-corrected chi connectivity index (χ2v) is 8.39. The van der Waals surface area contributed by atoms with Crippen molar-refractivity contribution < 1.29 is 4.42 Å². The highest BCUT2D eigenvalue weighted by atomic mass is 16.4. The van der Waals surface area contributed by atoms with Gasteiger partial charge in [-0.2, -0.15) is 0 Å². The van der Waals surface area contributed by atoms with Gasteiger partial charge >= 0.3 is 0 Å². The molecule has 0 aliphatic carbocycles. The first kappa shape index (κ1) is 20.7. The second kappa shape index (κ2) is 9.95. The highest BCUT2D eigenvalue weighted by Crippen LogP contribution is 2.22. The largest absolute Gasteiger partial charge is 0.443 e. The average molecular weight is 364 g/mol. The Kier molecular flexibility index (Phi) is 7.94. The van der Waals surface area contributed by atoms with Crippen molar-refractivity contribution in [2.75, 3.05) is 32.7 Å². The molecule has 0 saturated carbocycles. The highest BCUT2D eigenvalue weighted by molar-refractivity contribution is 5.79. The van der Waals surface area contributed by atoms with Gasteiger partial charge in [0.05, 0.1) is 6.20 Å². The topological polar surface area (TPSA) is 65.7 Å². The first-order valence-electron chi connectivity index (χ1n) is 10.1. The van der Waals surface area contributed by atoms with Crippen molar-refractivity contribution in [2.24, 2.45) is 10.9 Å². The maximum absolute atomic E-state index is 5.81. The summed E-state index contributed by atoms with van der Waals surface area (Å²) in [6, 6.07) is 0. The van der Waals surface area contributed by atoms with Crippen LogP contribution in [0.25, 0.3) is 0 Å². The molecule has 0 spiro atoms. The number of hydrogen-bond acceptors (Lipinski definition) is 4. The first-order valence-corrected chi connectivity index (χ1v) is 10.1. The van der Waals surface area contributed by atoms with Gasteiger partial charge in [-0.15, -0.1) is 0 Å². The molecule has 0 radical (unpaired) electrons. The Labute approximate surface area is 158 Å². The number of piperidine rings is 1. The number of nitrogens with one attached hydrogen (secondary N) is 2. The Bertz CT molecular complexity index is 561. The maximum atomic E-state index is 5.81. The van der Waals surface area contributed by atoms with Crippen molar-refractivity contribution in [3.8, 4) is 0 Å². The van der Waals surface area contributed by atoms with Gasteiger partial charge in [-0.3, -0.25) is 0 Å². The molecule has 6 heteroatoms. The third kappa shape index (κ3) is 6.98. The van der Waals surface area contributed by atoms with Crippen molar-refractivity contribution in [2.45, 2.75) is 65.8 Å². The lowest BCUT2D eigenvalue weighted by atomic mass is 9.94. The fraction of sp³-hybridized carbons (Fsp3) is 0.800. The summed E-state index contributed by atoms with van der Waals surface area (Å²) in [5.41, 5.74) is -0.0241. The standard InChI is InChI=1S/C20H37N5O/c1-6-21-19(22-10-8-12-25-11-7-9-16(2)15-25)24-14-18-23-13-17(26-18)20(3,4)5/h13,16H,6-12,14-15H2,1-5H3,(H2,21,22,24). The lowest BCUT2D eigenvalue weighted by molar-refractivity contribution is 0.182. The van der Waals surface area contributed by atoms with Crippen LogP contribution >= 0.6 is 0 Å². The molecule has 1 fully saturated rings. The summed E-state index contributed by atoms with van der Waals surface area (Å²) in [5, 5.41) is 6.71. The predicted octanol–water partition coefficient (Wildman–Crippen LogP) is 3.15. The van der Waals surface area contributed by atoms with Crippen LogP contribution in [-0.2, 0) is 12.0 Å². The number of oxazole rings is 1. The molecule has 1 saturated heterocycles. The van der Waals surface area contributed by atoms with Crippen LogP contribution in [0.4, 0.5) is 0 Å². The molecule has 6 nitrogen and oxygen atoms in total. The quantitative estimate of drug-likeness (QED) is 0.443. The molecule has 1 atom stereocenters. The Morgan fingerprint density at radius 3 is 2.85 bits per heavy atom. The van der Waals surface area contributed by atoms with Crippen molar-refractivity contribution in [3.05, 3.63) is 17.8 Å². The van der Waals surface area contributed by atoms with E-state index in [4.69, 9.17) is 4.42 Å². The van der Waals surface area contributed by atoms with E-state index in [1.165, 1.54) is 25.9 Å². The molecule has 2 heterocycles. The van der Waals surface area contributed by atoms with E-state index in [2.05, 4.69) is 60.1 Å². The number of aromatic nitrogens is 1. The summed E-state index contributed by atoms with van der Waals surface area (Å²) in [4.78, 5) is 11.5. The van der Waals surface area contributed by atoms with E-state index in [9.17, 15) is 0 Å². The maximum Gasteiger partial charge on any atom is 0.216 e. The summed E-state index contributed by atoms with van der Waals surface area (Å²) >= 11 is 0. The molecular formula is C20H37N5O. The zero-order chi connectivity index (χ0) is 19.0. The van der Waals surface area contributed by atoms with Crippen LogP contribution in [0.15, 0.2) is 15.6 Å². The van der Waals surface area contributed by atoms with Crippen molar-refractivity contribution >= 4 is 5.96 Å². The van der Waals surface area contributed by atoms with E-state index in [1.54, 1.807) is 0 Å². The molecule has 2 N–H and O–H groups in total. The Hall–Kier alpha value is -1.56. The molecule has 0 aromatic carbocycles. The van der Waals surface area contributed by atoms with E-state index in [0.717, 1.165) is 43.7 Å². The number of guanidine groups is 1. The molecular weight excluding hydrogens is 326 g/mol. The van der Waals surface area contributed by atoms with Crippen LogP contribution in [0, 0.1) is 5.92 Å². The average Bonchev–Trinajstić information content (AvgIpc) is 3.06. The minimum atomic E-state index is -0.0241. The SMILES string of the molecule is CCNC(=NCc1ncc(C(C)(C)C)o1)NCCCN1CCCC(C)C1. The molecule has 0 amide bonds. The van der Waals surface area contributed by atoms with Crippen molar-refractivity contribution in [1.82, 2.24) is 20.5 Å². The Morgan fingerprint density at radius 1 is 1.38 bits per heavy atom. The van der Waals surface area contributed by atoms with Gasteiger partial charge in [0.25, 0.3) is 0 Å². The van der Waals surface area contributed by atoms with Gasteiger partial charge in [0.15, 0.2) is 5.96 Å². The Balaban J connectivity index is 1.76. The monoisotopic (exact) mass is 363 g/mol. The molecule has 2 rings (SSSR count). The summed E-state index contributed by atoms with van der Waals surface area (Å²) in [5.74, 6) is 3.23. The lowest BCUT2D eigenvalue weighted by Gasteiger charge is -2.30. The molecule has 1 aromatic heterocycles. The van der Waals surface area contributed by atoms with E-state index < -0.39 is 0 Å².